The molecule has 0 unspecified atom stereocenters. The fourth-order valence-corrected chi connectivity index (χ4v) is 2.58. The topological polar surface area (TPSA) is 48.4 Å². The quantitative estimate of drug-likeness (QED) is 0.513. The highest BCUT2D eigenvalue weighted by Gasteiger charge is 2.32. The van der Waals surface area contributed by atoms with Crippen molar-refractivity contribution in [2.75, 3.05) is 6.61 Å². The lowest BCUT2D eigenvalue weighted by Gasteiger charge is -2.13. The average Bonchev–Trinajstić information content (AvgIpc) is 2.38. The molecule has 0 saturated carbocycles. The zero-order valence-electron chi connectivity index (χ0n) is 11.0. The summed E-state index contributed by atoms with van der Waals surface area (Å²) in [5, 5.41) is 0.333. The average molecular weight is 446 g/mol. The highest BCUT2D eigenvalue weighted by molar-refractivity contribution is 14.1. The first kappa shape index (κ1) is 17.1. The molecule has 1 heterocycles. The Labute approximate surface area is 141 Å². The van der Waals surface area contributed by atoms with E-state index in [-0.39, 0.29) is 28.2 Å². The summed E-state index contributed by atoms with van der Waals surface area (Å²) in [4.78, 5) is 15.6. The zero-order valence-corrected chi connectivity index (χ0v) is 13.9. The molecule has 1 aromatic heterocycles. The summed E-state index contributed by atoms with van der Waals surface area (Å²) in [6, 6.07) is 3.95. The van der Waals surface area contributed by atoms with Crippen molar-refractivity contribution < 1.29 is 27.4 Å². The molecule has 0 saturated heterocycles. The molecule has 0 bridgehead atoms. The Morgan fingerprint density at radius 2 is 2.05 bits per heavy atom. The van der Waals surface area contributed by atoms with E-state index in [0.717, 1.165) is 6.07 Å². The Bertz CT molecular complexity index is 737. The normalized spacial score (nSPS) is 11.5. The predicted molar refractivity (Wildman–Crippen MR) is 82.1 cm³/mol. The van der Waals surface area contributed by atoms with Crippen molar-refractivity contribution in [2.24, 2.45) is 0 Å². The minimum atomic E-state index is -4.88. The third-order valence-corrected chi connectivity index (χ3v) is 3.44. The molecule has 0 aliphatic rings. The van der Waals surface area contributed by atoms with E-state index in [1.54, 1.807) is 13.0 Å². The first-order valence-corrected chi connectivity index (χ1v) is 7.39. The van der Waals surface area contributed by atoms with E-state index in [2.05, 4.69) is 9.72 Å². The largest absolute Gasteiger partial charge is 0.573 e. The van der Waals surface area contributed by atoms with E-state index in [1.807, 2.05) is 22.6 Å². The van der Waals surface area contributed by atoms with E-state index in [4.69, 9.17) is 16.3 Å². The van der Waals surface area contributed by atoms with Crippen molar-refractivity contribution in [3.63, 3.8) is 0 Å². The number of nitrogens with zero attached hydrogens (tertiary/aromatic N) is 1. The summed E-state index contributed by atoms with van der Waals surface area (Å²) in [5.41, 5.74) is -0.346. The maximum atomic E-state index is 12.5. The number of benzene rings is 1. The van der Waals surface area contributed by atoms with Gasteiger partial charge in [-0.15, -0.1) is 13.2 Å². The Morgan fingerprint density at radius 3 is 2.64 bits per heavy atom. The minimum Gasteiger partial charge on any atom is -0.461 e. The number of pyridine rings is 1. The molecule has 2 rings (SSSR count). The maximum Gasteiger partial charge on any atom is 0.573 e. The van der Waals surface area contributed by atoms with Gasteiger partial charge < -0.3 is 9.47 Å². The van der Waals surface area contributed by atoms with Crippen LogP contribution in [0, 0.1) is 3.57 Å². The predicted octanol–water partition coefficient (Wildman–Crippen LogP) is 4.57. The van der Waals surface area contributed by atoms with Crippen molar-refractivity contribution in [2.45, 2.75) is 13.3 Å². The molecule has 1 aromatic carbocycles. The van der Waals surface area contributed by atoms with Crippen LogP contribution in [0.25, 0.3) is 10.9 Å². The first-order valence-electron chi connectivity index (χ1n) is 5.94. The number of carbonyl (C=O) groups excluding carboxylic acids is 1. The first-order chi connectivity index (χ1) is 10.2. The van der Waals surface area contributed by atoms with E-state index in [9.17, 15) is 18.0 Å². The molecule has 0 spiro atoms. The van der Waals surface area contributed by atoms with Crippen LogP contribution in [0.1, 0.15) is 17.4 Å². The Hall–Kier alpha value is -1.29. The number of hydrogen-bond donors (Lipinski definition) is 0. The van der Waals surface area contributed by atoms with Crippen LogP contribution in [-0.4, -0.2) is 23.9 Å². The summed E-state index contributed by atoms with van der Waals surface area (Å²) in [6.07, 6.45) is -4.88. The molecule has 118 valence electrons. The number of fused-ring (bicyclic) bond motifs is 1. The highest BCUT2D eigenvalue weighted by atomic mass is 127. The van der Waals surface area contributed by atoms with Crippen LogP contribution < -0.4 is 4.74 Å². The molecule has 0 radical (unpaired) electrons. The molecule has 22 heavy (non-hydrogen) atoms. The van der Waals surface area contributed by atoms with E-state index < -0.39 is 18.1 Å². The van der Waals surface area contributed by atoms with Gasteiger partial charge >= 0.3 is 12.3 Å². The van der Waals surface area contributed by atoms with Crippen LogP contribution >= 0.6 is 34.2 Å². The van der Waals surface area contributed by atoms with Crippen molar-refractivity contribution in [1.82, 2.24) is 4.98 Å². The second-order valence-electron chi connectivity index (χ2n) is 4.06. The van der Waals surface area contributed by atoms with Crippen LogP contribution in [-0.2, 0) is 4.74 Å². The van der Waals surface area contributed by atoms with Crippen LogP contribution in [0.15, 0.2) is 18.2 Å². The van der Waals surface area contributed by atoms with E-state index >= 15 is 0 Å². The Kier molecular flexibility index (Phi) is 5.00. The van der Waals surface area contributed by atoms with Crippen molar-refractivity contribution in [3.05, 3.63) is 32.5 Å². The van der Waals surface area contributed by atoms with Gasteiger partial charge in [-0.1, -0.05) is 11.6 Å². The molecule has 2 aromatic rings. The molecular formula is C13H8ClF3INO3. The lowest BCUT2D eigenvalue weighted by Crippen LogP contribution is -2.18. The molecule has 4 nitrogen and oxygen atoms in total. The number of rotatable bonds is 3. The number of carbonyl (C=O) groups is 1. The van der Waals surface area contributed by atoms with Gasteiger partial charge in [0.05, 0.1) is 11.6 Å². The highest BCUT2D eigenvalue weighted by Crippen LogP contribution is 2.35. The molecule has 0 aliphatic heterocycles. The second-order valence-corrected chi connectivity index (χ2v) is 5.71. The van der Waals surface area contributed by atoms with Gasteiger partial charge in [0.2, 0.25) is 0 Å². The SMILES string of the molecule is CCOC(=O)c1cc(Cl)c2cc(I)cc(OC(F)(F)F)c2n1. The van der Waals surface area contributed by atoms with Crippen molar-refractivity contribution in [1.29, 1.82) is 0 Å². The molecule has 0 N–H and O–H groups in total. The zero-order chi connectivity index (χ0) is 16.5. The number of ether oxygens (including phenoxy) is 2. The van der Waals surface area contributed by atoms with Gasteiger partial charge in [-0.25, -0.2) is 9.78 Å². The second kappa shape index (κ2) is 6.45. The lowest BCUT2D eigenvalue weighted by molar-refractivity contribution is -0.274. The van der Waals surface area contributed by atoms with Gasteiger partial charge in [-0.05, 0) is 47.7 Å². The Balaban J connectivity index is 2.66. The molecule has 0 aliphatic carbocycles. The van der Waals surface area contributed by atoms with Gasteiger partial charge in [0, 0.05) is 8.96 Å². The maximum absolute atomic E-state index is 12.5. The number of esters is 1. The number of hydrogen-bond acceptors (Lipinski definition) is 4. The molecular weight excluding hydrogens is 437 g/mol. The monoisotopic (exact) mass is 445 g/mol. The summed E-state index contributed by atoms with van der Waals surface area (Å²) >= 11 is 7.87. The summed E-state index contributed by atoms with van der Waals surface area (Å²) < 4.78 is 46.7. The number of alkyl halides is 3. The van der Waals surface area contributed by atoms with E-state index in [1.165, 1.54) is 6.07 Å². The molecule has 0 amide bonds. The lowest BCUT2D eigenvalue weighted by atomic mass is 10.2. The summed E-state index contributed by atoms with van der Waals surface area (Å²) in [6.45, 7) is 1.70. The van der Waals surface area contributed by atoms with Crippen LogP contribution in [0.2, 0.25) is 5.02 Å². The standard InChI is InChI=1S/C13H8ClF3INO3/c1-2-21-12(20)9-5-8(14)7-3-6(18)4-10(11(7)19-9)22-13(15,16)17/h3-5H,2H2,1H3. The molecule has 0 atom stereocenters. The van der Waals surface area contributed by atoms with Crippen molar-refractivity contribution >= 4 is 51.1 Å². The number of halogens is 5. The smallest absolute Gasteiger partial charge is 0.461 e. The van der Waals surface area contributed by atoms with Gasteiger partial charge in [0.15, 0.2) is 11.4 Å². The van der Waals surface area contributed by atoms with Crippen LogP contribution in [0.5, 0.6) is 5.75 Å². The van der Waals surface area contributed by atoms with Gasteiger partial charge in [0.1, 0.15) is 5.52 Å². The summed E-state index contributed by atoms with van der Waals surface area (Å²) in [5.74, 6) is -1.30. The van der Waals surface area contributed by atoms with E-state index in [0.29, 0.717) is 3.57 Å². The summed E-state index contributed by atoms with van der Waals surface area (Å²) in [7, 11) is 0. The van der Waals surface area contributed by atoms with Crippen LogP contribution in [0.4, 0.5) is 13.2 Å². The molecule has 0 fully saturated rings. The fraction of sp³-hybridized carbons (Fsp3) is 0.231. The third kappa shape index (κ3) is 3.92. The molecule has 9 heteroatoms. The third-order valence-electron chi connectivity index (χ3n) is 2.50. The minimum absolute atomic E-state index is 0.0820. The van der Waals surface area contributed by atoms with Gasteiger partial charge in [-0.2, -0.15) is 0 Å². The Morgan fingerprint density at radius 1 is 1.36 bits per heavy atom. The fourth-order valence-electron chi connectivity index (χ4n) is 1.73. The number of aromatic nitrogens is 1. The van der Waals surface area contributed by atoms with Crippen LogP contribution in [0.3, 0.4) is 0 Å². The van der Waals surface area contributed by atoms with Crippen molar-refractivity contribution in [3.8, 4) is 5.75 Å². The van der Waals surface area contributed by atoms with Gasteiger partial charge in [-0.3, -0.25) is 0 Å². The van der Waals surface area contributed by atoms with Gasteiger partial charge in [0.25, 0.3) is 0 Å².